The molecule has 0 aliphatic heterocycles. The first-order chi connectivity index (χ1) is 12.0. The number of carbonyl (C=O) groups is 1. The van der Waals surface area contributed by atoms with Crippen molar-refractivity contribution in [3.8, 4) is 11.1 Å². The highest BCUT2D eigenvalue weighted by molar-refractivity contribution is 6.33. The lowest BCUT2D eigenvalue weighted by Gasteiger charge is -2.14. The van der Waals surface area contributed by atoms with Crippen LogP contribution in [0.2, 0.25) is 5.02 Å². The monoisotopic (exact) mass is 351 g/mol. The Morgan fingerprint density at radius 1 is 1.24 bits per heavy atom. The van der Waals surface area contributed by atoms with Gasteiger partial charge < -0.3 is 5.73 Å². The lowest BCUT2D eigenvalue weighted by molar-refractivity contribution is -0.120. The van der Waals surface area contributed by atoms with Crippen LogP contribution in [0.1, 0.15) is 31.2 Å². The lowest BCUT2D eigenvalue weighted by atomic mass is 9.98. The lowest BCUT2D eigenvalue weighted by Crippen LogP contribution is -2.29. The molecule has 1 aromatic carbocycles. The molecule has 0 radical (unpaired) electrons. The van der Waals surface area contributed by atoms with E-state index in [0.29, 0.717) is 5.02 Å². The number of pyridine rings is 2. The molecule has 2 aromatic heterocycles. The van der Waals surface area contributed by atoms with Gasteiger partial charge in [0, 0.05) is 33.4 Å². The van der Waals surface area contributed by atoms with Crippen LogP contribution in [0, 0.1) is 0 Å². The van der Waals surface area contributed by atoms with Gasteiger partial charge in [-0.2, -0.15) is 0 Å². The minimum absolute atomic E-state index is 0.303. The van der Waals surface area contributed by atoms with E-state index in [2.05, 4.69) is 18.0 Å². The Labute approximate surface area is 151 Å². The van der Waals surface area contributed by atoms with Crippen LogP contribution in [0.3, 0.4) is 0 Å². The van der Waals surface area contributed by atoms with Gasteiger partial charge in [0.05, 0.1) is 16.6 Å². The summed E-state index contributed by atoms with van der Waals surface area (Å²) in [6, 6.07) is 11.7. The Hall–Kier alpha value is -2.46. The van der Waals surface area contributed by atoms with Crippen molar-refractivity contribution in [2.75, 3.05) is 0 Å². The van der Waals surface area contributed by atoms with E-state index in [0.717, 1.165) is 52.7 Å². The second-order valence-corrected chi connectivity index (χ2v) is 6.93. The maximum absolute atomic E-state index is 11.8. The number of primary amides is 1. The molecular formula is C20H18ClN3O. The molecule has 0 unspecified atom stereocenters. The summed E-state index contributed by atoms with van der Waals surface area (Å²) in [6.45, 7) is 2.07. The molecule has 1 aliphatic carbocycles. The van der Waals surface area contributed by atoms with E-state index >= 15 is 0 Å². The number of hydrogen-bond acceptors (Lipinski definition) is 3. The number of hydrogen-bond donors (Lipinski definition) is 1. The van der Waals surface area contributed by atoms with Crippen LogP contribution < -0.4 is 5.73 Å². The molecule has 1 saturated carbocycles. The second-order valence-electron chi connectivity index (χ2n) is 6.52. The third kappa shape index (κ3) is 2.57. The molecule has 0 spiro atoms. The summed E-state index contributed by atoms with van der Waals surface area (Å²) < 4.78 is 0. The van der Waals surface area contributed by atoms with Gasteiger partial charge in [-0.3, -0.25) is 14.8 Å². The van der Waals surface area contributed by atoms with Gasteiger partial charge in [-0.25, -0.2) is 0 Å². The first-order valence-corrected chi connectivity index (χ1v) is 8.78. The summed E-state index contributed by atoms with van der Waals surface area (Å²) >= 11 is 6.37. The fourth-order valence-corrected chi connectivity index (χ4v) is 3.54. The van der Waals surface area contributed by atoms with Crippen LogP contribution in [-0.4, -0.2) is 15.9 Å². The number of aromatic nitrogens is 2. The molecule has 0 atom stereocenters. The highest BCUT2D eigenvalue weighted by Crippen LogP contribution is 2.47. The van der Waals surface area contributed by atoms with Gasteiger partial charge in [0.2, 0.25) is 5.91 Å². The van der Waals surface area contributed by atoms with Crippen molar-refractivity contribution in [2.45, 2.75) is 31.6 Å². The fraction of sp³-hybridized carbons (Fsp3) is 0.250. The quantitative estimate of drug-likeness (QED) is 0.771. The number of carbonyl (C=O) groups excluding carboxylic acids is 1. The van der Waals surface area contributed by atoms with Crippen molar-refractivity contribution in [1.29, 1.82) is 0 Å². The Morgan fingerprint density at radius 3 is 2.64 bits per heavy atom. The molecule has 1 aliphatic rings. The van der Waals surface area contributed by atoms with Crippen LogP contribution in [0.25, 0.3) is 22.0 Å². The predicted molar refractivity (Wildman–Crippen MR) is 99.5 cm³/mol. The van der Waals surface area contributed by atoms with Crippen molar-refractivity contribution in [1.82, 2.24) is 9.97 Å². The van der Waals surface area contributed by atoms with E-state index in [4.69, 9.17) is 22.3 Å². The van der Waals surface area contributed by atoms with Crippen molar-refractivity contribution in [3.63, 3.8) is 0 Å². The summed E-state index contributed by atoms with van der Waals surface area (Å²) in [6.07, 6.45) is 4.09. The maximum atomic E-state index is 11.8. The van der Waals surface area contributed by atoms with Gasteiger partial charge in [-0.1, -0.05) is 36.7 Å². The number of rotatable bonds is 4. The summed E-state index contributed by atoms with van der Waals surface area (Å²) in [7, 11) is 0. The third-order valence-corrected chi connectivity index (χ3v) is 5.32. The number of amides is 1. The predicted octanol–water partition coefficient (Wildman–Crippen LogP) is 4.03. The molecule has 2 N–H and O–H groups in total. The van der Waals surface area contributed by atoms with Gasteiger partial charge in [0.25, 0.3) is 0 Å². The van der Waals surface area contributed by atoms with Gasteiger partial charge in [0.15, 0.2) is 0 Å². The molecule has 1 fully saturated rings. The Kier molecular flexibility index (Phi) is 3.73. The number of benzene rings is 1. The molecule has 4 rings (SSSR count). The molecular weight excluding hydrogens is 334 g/mol. The molecule has 1 amide bonds. The summed E-state index contributed by atoms with van der Waals surface area (Å²) in [5.74, 6) is -0.303. The van der Waals surface area contributed by atoms with Crippen LogP contribution in [0.15, 0.2) is 42.6 Å². The van der Waals surface area contributed by atoms with Gasteiger partial charge in [-0.15, -0.1) is 0 Å². The Morgan fingerprint density at radius 2 is 2.00 bits per heavy atom. The van der Waals surface area contributed by atoms with E-state index in [1.165, 1.54) is 0 Å². The zero-order chi connectivity index (χ0) is 17.6. The molecule has 0 saturated heterocycles. The van der Waals surface area contributed by atoms with Crippen molar-refractivity contribution in [3.05, 3.63) is 59.0 Å². The average molecular weight is 352 g/mol. The maximum Gasteiger partial charge on any atom is 0.229 e. The van der Waals surface area contributed by atoms with E-state index in [-0.39, 0.29) is 5.91 Å². The topological polar surface area (TPSA) is 68.9 Å². The number of nitrogens with two attached hydrogens (primary N) is 1. The largest absolute Gasteiger partial charge is 0.369 e. The average Bonchev–Trinajstić information content (AvgIpc) is 3.42. The molecule has 25 heavy (non-hydrogen) atoms. The molecule has 4 nitrogen and oxygen atoms in total. The van der Waals surface area contributed by atoms with Crippen LogP contribution in [0.5, 0.6) is 0 Å². The van der Waals surface area contributed by atoms with Crippen molar-refractivity contribution < 1.29 is 4.79 Å². The van der Waals surface area contributed by atoms with Crippen LogP contribution in [-0.2, 0) is 16.6 Å². The van der Waals surface area contributed by atoms with Gasteiger partial charge in [0.1, 0.15) is 0 Å². The molecule has 2 heterocycles. The Bertz CT molecular complexity index is 995. The Balaban J connectivity index is 1.89. The number of aryl methyl sites for hydroxylation is 1. The molecule has 126 valence electrons. The van der Waals surface area contributed by atoms with Crippen molar-refractivity contribution >= 4 is 28.4 Å². The SMILES string of the molecule is CCc1nc2cc(C3(C(N)=O)CC3)ncc2cc1-c1ccccc1Cl. The smallest absolute Gasteiger partial charge is 0.229 e. The summed E-state index contributed by atoms with van der Waals surface area (Å²) in [4.78, 5) is 21.1. The van der Waals surface area contributed by atoms with E-state index in [1.54, 1.807) is 6.20 Å². The standard InChI is InChI=1S/C20H18ClN3O/c1-2-16-14(13-5-3-4-6-15(13)21)9-12-11-23-18(10-17(12)24-16)20(7-8-20)19(22)25/h3-6,9-11H,2,7-8H2,1H3,(H2,22,25). The van der Waals surface area contributed by atoms with Crippen molar-refractivity contribution in [2.24, 2.45) is 5.73 Å². The molecule has 5 heteroatoms. The number of halogens is 1. The fourth-order valence-electron chi connectivity index (χ4n) is 3.31. The minimum atomic E-state index is -0.594. The summed E-state index contributed by atoms with van der Waals surface area (Å²) in [5, 5.41) is 1.63. The first kappa shape index (κ1) is 16.0. The van der Waals surface area contributed by atoms with E-state index in [9.17, 15) is 4.79 Å². The zero-order valence-electron chi connectivity index (χ0n) is 13.9. The second kappa shape index (κ2) is 5.81. The highest BCUT2D eigenvalue weighted by atomic mass is 35.5. The molecule has 3 aromatic rings. The van der Waals surface area contributed by atoms with Crippen LogP contribution >= 0.6 is 11.6 Å². The van der Waals surface area contributed by atoms with Gasteiger partial charge in [-0.05, 0) is 37.5 Å². The zero-order valence-corrected chi connectivity index (χ0v) is 14.7. The first-order valence-electron chi connectivity index (χ1n) is 8.40. The number of nitrogens with zero attached hydrogens (tertiary/aromatic N) is 2. The van der Waals surface area contributed by atoms with Gasteiger partial charge >= 0.3 is 0 Å². The minimum Gasteiger partial charge on any atom is -0.369 e. The third-order valence-electron chi connectivity index (χ3n) is 4.99. The highest BCUT2D eigenvalue weighted by Gasteiger charge is 2.51. The summed E-state index contributed by atoms with van der Waals surface area (Å²) in [5.41, 5.74) is 9.50. The van der Waals surface area contributed by atoms with E-state index in [1.807, 2.05) is 30.3 Å². The molecule has 0 bridgehead atoms. The normalized spacial score (nSPS) is 15.3. The number of fused-ring (bicyclic) bond motifs is 1. The van der Waals surface area contributed by atoms with Crippen LogP contribution in [0.4, 0.5) is 0 Å². The van der Waals surface area contributed by atoms with E-state index < -0.39 is 5.41 Å².